The van der Waals surface area contributed by atoms with Gasteiger partial charge in [-0.05, 0) is 30.3 Å². The molecule has 0 aliphatic carbocycles. The van der Waals surface area contributed by atoms with E-state index in [0.29, 0.717) is 9.50 Å². The van der Waals surface area contributed by atoms with Crippen molar-refractivity contribution in [1.29, 1.82) is 0 Å². The highest BCUT2D eigenvalue weighted by molar-refractivity contribution is 9.10. The molecule has 1 nitrogen and oxygen atoms in total. The summed E-state index contributed by atoms with van der Waals surface area (Å²) in [5, 5.41) is 9.28. The molecule has 0 atom stereocenters. The van der Waals surface area contributed by atoms with Crippen LogP contribution in [0.3, 0.4) is 0 Å². The lowest BCUT2D eigenvalue weighted by molar-refractivity contribution is 0.469. The molecular weight excluding hydrogens is 349 g/mol. The lowest BCUT2D eigenvalue weighted by Crippen LogP contribution is -1.72. The van der Waals surface area contributed by atoms with E-state index in [0.717, 1.165) is 12.1 Å². The summed E-state index contributed by atoms with van der Waals surface area (Å²) in [4.78, 5) is 0. The average molecular weight is 356 g/mol. The molecule has 0 aliphatic rings. The fraction of sp³-hybridized carbons (Fsp3) is 0. The Morgan fingerprint density at radius 3 is 1.72 bits per heavy atom. The molecule has 2 rings (SSSR count). The second-order valence-electron chi connectivity index (χ2n) is 3.22. The highest BCUT2D eigenvalue weighted by Gasteiger charge is 1.95. The third kappa shape index (κ3) is 5.67. The summed E-state index contributed by atoms with van der Waals surface area (Å²) >= 11 is 13.9. The maximum atomic E-state index is 12.3. The molecule has 0 aromatic heterocycles. The van der Waals surface area contributed by atoms with Crippen LogP contribution in [0.4, 0.5) is 8.78 Å². The van der Waals surface area contributed by atoms with Crippen molar-refractivity contribution in [2.45, 2.75) is 0 Å². The lowest BCUT2D eigenvalue weighted by Gasteiger charge is -1.91. The van der Waals surface area contributed by atoms with Crippen LogP contribution in [0.5, 0.6) is 5.75 Å². The Morgan fingerprint density at radius 1 is 0.833 bits per heavy atom. The molecule has 0 saturated carbocycles. The number of phenols is 1. The zero-order chi connectivity index (χ0) is 13.7. The molecule has 0 spiro atoms. The molecule has 0 fully saturated rings. The average Bonchev–Trinajstić information content (AvgIpc) is 2.12. The molecular formula is C12H7BrCl2F2O. The van der Waals surface area contributed by atoms with E-state index < -0.39 is 5.82 Å². The first-order valence-corrected chi connectivity index (χ1v) is 6.18. The number of rotatable bonds is 0. The van der Waals surface area contributed by atoms with Crippen molar-refractivity contribution < 1.29 is 13.9 Å². The van der Waals surface area contributed by atoms with Crippen LogP contribution in [0.2, 0.25) is 10.0 Å². The Balaban J connectivity index is 0.000000180. The molecule has 1 N–H and O–H groups in total. The van der Waals surface area contributed by atoms with Gasteiger partial charge in [0.25, 0.3) is 0 Å². The van der Waals surface area contributed by atoms with Crippen molar-refractivity contribution in [2.24, 2.45) is 0 Å². The second-order valence-corrected chi connectivity index (χ2v) is 5.00. The topological polar surface area (TPSA) is 20.2 Å². The van der Waals surface area contributed by atoms with Crippen LogP contribution in [-0.2, 0) is 0 Å². The Bertz CT molecular complexity index is 399. The van der Waals surface area contributed by atoms with Gasteiger partial charge in [0.1, 0.15) is 17.4 Å². The van der Waals surface area contributed by atoms with E-state index in [2.05, 4.69) is 15.9 Å². The Kier molecular flexibility index (Phi) is 5.85. The molecule has 0 bridgehead atoms. The largest absolute Gasteiger partial charge is 0.508 e. The van der Waals surface area contributed by atoms with E-state index >= 15 is 0 Å². The predicted molar refractivity (Wildman–Crippen MR) is 72.2 cm³/mol. The zero-order valence-corrected chi connectivity index (χ0v) is 11.9. The van der Waals surface area contributed by atoms with Crippen LogP contribution in [-0.4, -0.2) is 5.11 Å². The van der Waals surface area contributed by atoms with Gasteiger partial charge in [0.15, 0.2) is 0 Å². The van der Waals surface area contributed by atoms with E-state index in [1.807, 2.05) is 0 Å². The van der Waals surface area contributed by atoms with E-state index in [4.69, 9.17) is 28.3 Å². The smallest absolute Gasteiger partial charge is 0.128 e. The molecule has 96 valence electrons. The SMILES string of the molecule is Fc1cc(Cl)cc(Br)c1.Oc1cc(F)cc(Cl)c1. The van der Waals surface area contributed by atoms with Crippen molar-refractivity contribution in [3.05, 3.63) is 62.6 Å². The molecule has 18 heavy (non-hydrogen) atoms. The van der Waals surface area contributed by atoms with Crippen LogP contribution < -0.4 is 0 Å². The molecule has 0 amide bonds. The summed E-state index contributed by atoms with van der Waals surface area (Å²) in [5.74, 6) is -1.01. The third-order valence-electron chi connectivity index (χ3n) is 1.67. The minimum absolute atomic E-state index is 0.153. The first-order chi connectivity index (χ1) is 8.36. The van der Waals surface area contributed by atoms with Crippen molar-refractivity contribution in [3.8, 4) is 5.75 Å². The van der Waals surface area contributed by atoms with Gasteiger partial charge in [0.2, 0.25) is 0 Å². The van der Waals surface area contributed by atoms with Gasteiger partial charge in [0, 0.05) is 20.6 Å². The summed E-state index contributed by atoms with van der Waals surface area (Å²) < 4.78 is 25.2. The van der Waals surface area contributed by atoms with Gasteiger partial charge < -0.3 is 5.11 Å². The zero-order valence-electron chi connectivity index (χ0n) is 8.80. The van der Waals surface area contributed by atoms with Crippen molar-refractivity contribution in [3.63, 3.8) is 0 Å². The number of hydrogen-bond donors (Lipinski definition) is 1. The maximum Gasteiger partial charge on any atom is 0.128 e. The summed E-state index contributed by atoms with van der Waals surface area (Å²) in [6.45, 7) is 0. The number of hydrogen-bond acceptors (Lipinski definition) is 1. The van der Waals surface area contributed by atoms with E-state index in [1.165, 1.54) is 18.2 Å². The normalized spacial score (nSPS) is 9.61. The standard InChI is InChI=1S/C6H3BrClF.C6H4ClFO/c2*7-4-1-5(8)3-6(9)2-4/h1-3H;1-3,9H. The number of aromatic hydroxyl groups is 1. The first kappa shape index (κ1) is 15.2. The highest BCUT2D eigenvalue weighted by Crippen LogP contribution is 2.18. The van der Waals surface area contributed by atoms with Gasteiger partial charge in [-0.3, -0.25) is 0 Å². The van der Waals surface area contributed by atoms with Crippen LogP contribution in [0.1, 0.15) is 0 Å². The molecule has 0 aliphatic heterocycles. The molecule has 6 heteroatoms. The highest BCUT2D eigenvalue weighted by atomic mass is 79.9. The fourth-order valence-corrected chi connectivity index (χ4v) is 2.09. The van der Waals surface area contributed by atoms with E-state index in [1.54, 1.807) is 6.07 Å². The minimum Gasteiger partial charge on any atom is -0.508 e. The van der Waals surface area contributed by atoms with Gasteiger partial charge in [0.05, 0.1) is 0 Å². The Hall–Kier alpha value is -0.840. The quantitative estimate of drug-likeness (QED) is 0.668. The fourth-order valence-electron chi connectivity index (χ4n) is 1.06. The van der Waals surface area contributed by atoms with Crippen LogP contribution in [0.25, 0.3) is 0 Å². The van der Waals surface area contributed by atoms with Crippen molar-refractivity contribution in [2.75, 3.05) is 0 Å². The summed E-state index contributed by atoms with van der Waals surface area (Å²) in [7, 11) is 0. The van der Waals surface area contributed by atoms with Gasteiger partial charge in [-0.15, -0.1) is 0 Å². The molecule has 0 radical (unpaired) electrons. The van der Waals surface area contributed by atoms with Crippen molar-refractivity contribution in [1.82, 2.24) is 0 Å². The molecule has 2 aromatic carbocycles. The molecule has 0 unspecified atom stereocenters. The molecule has 2 aromatic rings. The number of benzene rings is 2. The lowest BCUT2D eigenvalue weighted by atomic mass is 10.3. The molecule has 0 saturated heterocycles. The second kappa shape index (κ2) is 6.92. The van der Waals surface area contributed by atoms with E-state index in [9.17, 15) is 8.78 Å². The van der Waals surface area contributed by atoms with E-state index in [-0.39, 0.29) is 16.6 Å². The summed E-state index contributed by atoms with van der Waals surface area (Å²) in [6, 6.07) is 7.63. The van der Waals surface area contributed by atoms with Crippen LogP contribution >= 0.6 is 39.1 Å². The molecule has 0 heterocycles. The van der Waals surface area contributed by atoms with Crippen molar-refractivity contribution >= 4 is 39.1 Å². The Morgan fingerprint density at radius 2 is 1.33 bits per heavy atom. The maximum absolute atomic E-state index is 12.3. The predicted octanol–water partition coefficient (Wildman–Crippen LogP) is 5.43. The number of halogens is 5. The summed E-state index contributed by atoms with van der Waals surface area (Å²) in [5.41, 5.74) is 0. The van der Waals surface area contributed by atoms with Crippen LogP contribution in [0.15, 0.2) is 40.9 Å². The first-order valence-electron chi connectivity index (χ1n) is 4.63. The minimum atomic E-state index is -0.528. The van der Waals surface area contributed by atoms with Gasteiger partial charge >= 0.3 is 0 Å². The Labute approximate surface area is 121 Å². The van der Waals surface area contributed by atoms with Gasteiger partial charge in [-0.2, -0.15) is 0 Å². The van der Waals surface area contributed by atoms with Gasteiger partial charge in [-0.1, -0.05) is 39.1 Å². The third-order valence-corrected chi connectivity index (χ3v) is 2.57. The number of phenolic OH excluding ortho intramolecular Hbond substituents is 1. The van der Waals surface area contributed by atoms with Crippen LogP contribution in [0, 0.1) is 11.6 Å². The van der Waals surface area contributed by atoms with Gasteiger partial charge in [-0.25, -0.2) is 8.78 Å². The summed E-state index contributed by atoms with van der Waals surface area (Å²) in [6.07, 6.45) is 0. The monoisotopic (exact) mass is 354 g/mol.